The van der Waals surface area contributed by atoms with E-state index < -0.39 is 6.10 Å². The van der Waals surface area contributed by atoms with Crippen LogP contribution in [0, 0.1) is 17.8 Å². The van der Waals surface area contributed by atoms with E-state index in [1.54, 1.807) is 0 Å². The minimum absolute atomic E-state index is 0.0741. The van der Waals surface area contributed by atoms with Gasteiger partial charge >= 0.3 is 0 Å². The summed E-state index contributed by atoms with van der Waals surface area (Å²) < 4.78 is 0. The Morgan fingerprint density at radius 3 is 2.71 bits per heavy atom. The molecule has 0 amide bonds. The van der Waals surface area contributed by atoms with Crippen molar-refractivity contribution >= 4 is 5.78 Å². The molecule has 2 heteroatoms. The summed E-state index contributed by atoms with van der Waals surface area (Å²) in [5.74, 6) is 2.37. The second-order valence-corrected chi connectivity index (χ2v) is 5.03. The van der Waals surface area contributed by atoms with Gasteiger partial charge < -0.3 is 5.11 Å². The summed E-state index contributed by atoms with van der Waals surface area (Å²) in [7, 11) is 0. The lowest BCUT2D eigenvalue weighted by atomic mass is 9.84. The average molecular weight is 196 g/mol. The Morgan fingerprint density at radius 1 is 1.43 bits per heavy atom. The average Bonchev–Trinajstić information content (AvgIpc) is 2.77. The monoisotopic (exact) mass is 196 g/mol. The Morgan fingerprint density at radius 2 is 2.21 bits per heavy atom. The van der Waals surface area contributed by atoms with Crippen LogP contribution in [0.3, 0.4) is 0 Å². The number of fused-ring (bicyclic) bond motifs is 2. The number of hydrogen-bond donors (Lipinski definition) is 1. The van der Waals surface area contributed by atoms with E-state index in [1.807, 2.05) is 6.92 Å². The quantitative estimate of drug-likeness (QED) is 0.748. The predicted octanol–water partition coefficient (Wildman–Crippen LogP) is 2.15. The smallest absolute Gasteiger partial charge is 0.161 e. The van der Waals surface area contributed by atoms with Crippen LogP contribution in [-0.2, 0) is 4.79 Å². The number of carbonyl (C=O) groups excluding carboxylic acids is 1. The third kappa shape index (κ3) is 1.85. The van der Waals surface area contributed by atoms with Crippen molar-refractivity contribution in [1.29, 1.82) is 0 Å². The second kappa shape index (κ2) is 4.01. The standard InChI is InChI=1S/C12H20O2/c1-2-11(13)12(14)7-10-6-8-3-4-9(10)5-8/h8-11,13H,2-7H2,1H3. The Bertz CT molecular complexity index is 224. The number of hydrogen-bond acceptors (Lipinski definition) is 2. The Hall–Kier alpha value is -0.370. The Balaban J connectivity index is 1.84. The molecule has 0 aliphatic heterocycles. The van der Waals surface area contributed by atoms with Gasteiger partial charge in [-0.15, -0.1) is 0 Å². The SMILES string of the molecule is CCC(O)C(=O)CC1CC2CCC1C2. The molecule has 4 atom stereocenters. The number of aliphatic hydroxyl groups excluding tert-OH is 1. The van der Waals surface area contributed by atoms with Gasteiger partial charge in [0.15, 0.2) is 5.78 Å². The van der Waals surface area contributed by atoms with Crippen LogP contribution in [0.1, 0.15) is 45.4 Å². The van der Waals surface area contributed by atoms with Crippen LogP contribution in [-0.4, -0.2) is 17.0 Å². The number of ketones is 1. The van der Waals surface area contributed by atoms with Gasteiger partial charge in [0.25, 0.3) is 0 Å². The molecular weight excluding hydrogens is 176 g/mol. The summed E-state index contributed by atoms with van der Waals surface area (Å²) >= 11 is 0. The molecule has 0 aromatic heterocycles. The maximum atomic E-state index is 11.6. The van der Waals surface area contributed by atoms with Crippen LogP contribution in [0.15, 0.2) is 0 Å². The van der Waals surface area contributed by atoms with Crippen molar-refractivity contribution in [3.8, 4) is 0 Å². The molecule has 2 saturated carbocycles. The lowest BCUT2D eigenvalue weighted by Gasteiger charge is -2.21. The third-order valence-electron chi connectivity index (χ3n) is 4.11. The minimum Gasteiger partial charge on any atom is -0.385 e. The molecule has 2 nitrogen and oxygen atoms in total. The molecule has 1 N–H and O–H groups in total. The highest BCUT2D eigenvalue weighted by atomic mass is 16.3. The molecule has 0 spiro atoms. The Kier molecular flexibility index (Phi) is 2.91. The van der Waals surface area contributed by atoms with Gasteiger partial charge in [0, 0.05) is 6.42 Å². The van der Waals surface area contributed by atoms with Crippen LogP contribution in [0.25, 0.3) is 0 Å². The molecule has 14 heavy (non-hydrogen) atoms. The highest BCUT2D eigenvalue weighted by molar-refractivity contribution is 5.83. The van der Waals surface area contributed by atoms with Crippen LogP contribution in [0.4, 0.5) is 0 Å². The van der Waals surface area contributed by atoms with E-state index in [4.69, 9.17) is 0 Å². The maximum Gasteiger partial charge on any atom is 0.161 e. The normalized spacial score (nSPS) is 37.4. The molecule has 0 heterocycles. The zero-order chi connectivity index (χ0) is 10.1. The summed E-state index contributed by atoms with van der Waals surface area (Å²) in [5, 5.41) is 9.41. The molecule has 80 valence electrons. The first kappa shape index (κ1) is 10.2. The zero-order valence-electron chi connectivity index (χ0n) is 8.91. The molecule has 4 unspecified atom stereocenters. The fraction of sp³-hybridized carbons (Fsp3) is 0.917. The topological polar surface area (TPSA) is 37.3 Å². The molecule has 0 aromatic carbocycles. The van der Waals surface area contributed by atoms with Crippen molar-refractivity contribution in [2.24, 2.45) is 17.8 Å². The van der Waals surface area contributed by atoms with Gasteiger partial charge in [-0.2, -0.15) is 0 Å². The summed E-state index contributed by atoms with van der Waals surface area (Å²) in [6, 6.07) is 0. The highest BCUT2D eigenvalue weighted by Gasteiger charge is 2.40. The van der Waals surface area contributed by atoms with Gasteiger partial charge in [-0.25, -0.2) is 0 Å². The van der Waals surface area contributed by atoms with Gasteiger partial charge in [0.2, 0.25) is 0 Å². The van der Waals surface area contributed by atoms with E-state index in [2.05, 4.69) is 0 Å². The number of rotatable bonds is 4. The van der Waals surface area contributed by atoms with Crippen LogP contribution in [0.2, 0.25) is 0 Å². The first-order valence-corrected chi connectivity index (χ1v) is 5.91. The number of aliphatic hydroxyl groups is 1. The van der Waals surface area contributed by atoms with Crippen LogP contribution in [0.5, 0.6) is 0 Å². The first-order valence-electron chi connectivity index (χ1n) is 5.91. The fourth-order valence-corrected chi connectivity index (χ4v) is 3.25. The summed E-state index contributed by atoms with van der Waals surface area (Å²) in [5.41, 5.74) is 0. The van der Waals surface area contributed by atoms with E-state index in [1.165, 1.54) is 25.7 Å². The molecule has 2 fully saturated rings. The van der Waals surface area contributed by atoms with Crippen molar-refractivity contribution in [3.05, 3.63) is 0 Å². The van der Waals surface area contributed by atoms with Crippen molar-refractivity contribution in [2.75, 3.05) is 0 Å². The summed E-state index contributed by atoms with van der Waals surface area (Å²) in [6.45, 7) is 1.86. The summed E-state index contributed by atoms with van der Waals surface area (Å²) in [6.07, 6.45) is 5.80. The van der Waals surface area contributed by atoms with Crippen molar-refractivity contribution in [2.45, 2.75) is 51.6 Å². The Labute approximate surface area is 85.7 Å². The van der Waals surface area contributed by atoms with Crippen LogP contribution < -0.4 is 0 Å². The van der Waals surface area contributed by atoms with E-state index in [9.17, 15) is 9.90 Å². The molecule has 2 bridgehead atoms. The van der Waals surface area contributed by atoms with E-state index in [-0.39, 0.29) is 5.78 Å². The molecule has 2 aliphatic rings. The number of Topliss-reactive ketones (excluding diaryl/α,β-unsaturated/α-hetero) is 1. The molecule has 0 aromatic rings. The molecule has 0 saturated heterocycles. The molecular formula is C12H20O2. The predicted molar refractivity (Wildman–Crippen MR) is 54.9 cm³/mol. The van der Waals surface area contributed by atoms with Gasteiger partial charge in [0.1, 0.15) is 6.10 Å². The van der Waals surface area contributed by atoms with Crippen molar-refractivity contribution in [3.63, 3.8) is 0 Å². The lowest BCUT2D eigenvalue weighted by Crippen LogP contribution is -2.24. The van der Waals surface area contributed by atoms with E-state index in [0.717, 1.165) is 11.8 Å². The second-order valence-electron chi connectivity index (χ2n) is 5.03. The van der Waals surface area contributed by atoms with E-state index in [0.29, 0.717) is 18.8 Å². The van der Waals surface area contributed by atoms with Gasteiger partial charge in [-0.05, 0) is 43.4 Å². The third-order valence-corrected chi connectivity index (χ3v) is 4.11. The highest BCUT2D eigenvalue weighted by Crippen LogP contribution is 2.49. The van der Waals surface area contributed by atoms with Gasteiger partial charge in [-0.1, -0.05) is 13.3 Å². The molecule has 0 radical (unpaired) electrons. The lowest BCUT2D eigenvalue weighted by molar-refractivity contribution is -0.128. The number of carbonyl (C=O) groups is 1. The van der Waals surface area contributed by atoms with E-state index >= 15 is 0 Å². The fourth-order valence-electron chi connectivity index (χ4n) is 3.25. The first-order chi connectivity index (χ1) is 6.70. The zero-order valence-corrected chi connectivity index (χ0v) is 8.91. The van der Waals surface area contributed by atoms with Crippen LogP contribution >= 0.6 is 0 Å². The van der Waals surface area contributed by atoms with Gasteiger partial charge in [-0.3, -0.25) is 4.79 Å². The largest absolute Gasteiger partial charge is 0.385 e. The van der Waals surface area contributed by atoms with Crippen molar-refractivity contribution < 1.29 is 9.90 Å². The molecule has 2 rings (SSSR count). The molecule has 2 aliphatic carbocycles. The van der Waals surface area contributed by atoms with Gasteiger partial charge in [0.05, 0.1) is 0 Å². The van der Waals surface area contributed by atoms with Crippen molar-refractivity contribution in [1.82, 2.24) is 0 Å². The maximum absolute atomic E-state index is 11.6. The minimum atomic E-state index is -0.700. The summed E-state index contributed by atoms with van der Waals surface area (Å²) in [4.78, 5) is 11.6.